The number of carbonyl (C=O) groups is 1. The molecule has 0 bridgehead atoms. The van der Waals surface area contributed by atoms with Gasteiger partial charge in [-0.25, -0.2) is 4.79 Å². The first-order valence-electron chi connectivity index (χ1n) is 7.43. The first kappa shape index (κ1) is 20.5. The van der Waals surface area contributed by atoms with Crippen LogP contribution in [-0.4, -0.2) is 43.2 Å². The minimum absolute atomic E-state index is 0.372. The van der Waals surface area contributed by atoms with Gasteiger partial charge >= 0.3 is 6.09 Å². The Morgan fingerprint density at radius 1 is 1.45 bits per heavy atom. The molecule has 22 heavy (non-hydrogen) atoms. The summed E-state index contributed by atoms with van der Waals surface area (Å²) in [5, 5.41) is 11.3. The Hall–Kier alpha value is -1.53. The van der Waals surface area contributed by atoms with Gasteiger partial charge in [-0.15, -0.1) is 0 Å². The number of ether oxygens (including phenoxy) is 2. The van der Waals surface area contributed by atoms with Gasteiger partial charge in [0, 0.05) is 20.1 Å². The Kier molecular flexibility index (Phi) is 10.3. The standard InChI is InChI=1S/C10H16O3.C6H13NO2/c1-9(11)8-12-6-2-4-10-5-3-7-13-10;1-6(2,3)9-5(8)7-4/h3,5,7,9,11H,2,4,6,8H2,1H3;1-4H3,(H,7,8). The molecule has 6 nitrogen and oxygen atoms in total. The normalized spacial score (nSPS) is 12.1. The van der Waals surface area contributed by atoms with Crippen LogP contribution < -0.4 is 5.32 Å². The molecule has 1 heterocycles. The van der Waals surface area contributed by atoms with E-state index in [1.165, 1.54) is 7.05 Å². The van der Waals surface area contributed by atoms with Crippen molar-refractivity contribution in [3.63, 3.8) is 0 Å². The van der Waals surface area contributed by atoms with E-state index < -0.39 is 0 Å². The van der Waals surface area contributed by atoms with E-state index in [-0.39, 0.29) is 17.8 Å². The molecule has 2 N–H and O–H groups in total. The predicted molar refractivity (Wildman–Crippen MR) is 84.8 cm³/mol. The number of hydrogen-bond acceptors (Lipinski definition) is 5. The second-order valence-electron chi connectivity index (χ2n) is 5.86. The van der Waals surface area contributed by atoms with Crippen LogP contribution in [0.2, 0.25) is 0 Å². The van der Waals surface area contributed by atoms with Crippen LogP contribution in [0.3, 0.4) is 0 Å². The first-order valence-corrected chi connectivity index (χ1v) is 7.43. The van der Waals surface area contributed by atoms with Crippen molar-refractivity contribution in [2.75, 3.05) is 20.3 Å². The van der Waals surface area contributed by atoms with Crippen molar-refractivity contribution in [3.8, 4) is 0 Å². The topological polar surface area (TPSA) is 80.9 Å². The highest BCUT2D eigenvalue weighted by Gasteiger charge is 2.13. The molecular weight excluding hydrogens is 286 g/mol. The third-order valence-electron chi connectivity index (χ3n) is 2.25. The van der Waals surface area contributed by atoms with Crippen molar-refractivity contribution < 1.29 is 23.8 Å². The van der Waals surface area contributed by atoms with Crippen LogP contribution in [0.5, 0.6) is 0 Å². The molecule has 1 amide bonds. The molecule has 0 saturated carbocycles. The lowest BCUT2D eigenvalue weighted by molar-refractivity contribution is 0.0450. The lowest BCUT2D eigenvalue weighted by Gasteiger charge is -2.18. The molecule has 0 aliphatic heterocycles. The SMILES string of the molecule is CC(O)COCCCc1ccco1.CNC(=O)OC(C)(C)C. The van der Waals surface area contributed by atoms with Crippen LogP contribution in [0.1, 0.15) is 39.9 Å². The number of aliphatic hydroxyl groups excluding tert-OH is 1. The number of amides is 1. The number of rotatable bonds is 6. The highest BCUT2D eigenvalue weighted by molar-refractivity contribution is 5.67. The van der Waals surface area contributed by atoms with E-state index in [4.69, 9.17) is 19.0 Å². The minimum atomic E-state index is -0.389. The first-order chi connectivity index (χ1) is 10.2. The maximum Gasteiger partial charge on any atom is 0.407 e. The van der Waals surface area contributed by atoms with Gasteiger partial charge in [0.25, 0.3) is 0 Å². The molecule has 1 rings (SSSR count). The fourth-order valence-corrected chi connectivity index (χ4v) is 1.39. The molecule has 0 aliphatic rings. The van der Waals surface area contributed by atoms with E-state index in [9.17, 15) is 4.79 Å². The highest BCUT2D eigenvalue weighted by atomic mass is 16.6. The zero-order valence-corrected chi connectivity index (χ0v) is 14.2. The zero-order chi connectivity index (χ0) is 17.0. The molecule has 6 heteroatoms. The molecule has 0 radical (unpaired) electrons. The third-order valence-corrected chi connectivity index (χ3v) is 2.25. The zero-order valence-electron chi connectivity index (χ0n) is 14.2. The van der Waals surface area contributed by atoms with Crippen molar-refractivity contribution in [3.05, 3.63) is 24.2 Å². The van der Waals surface area contributed by atoms with Crippen LogP contribution in [0.4, 0.5) is 4.79 Å². The Labute approximate surface area is 132 Å². The molecule has 0 spiro atoms. The highest BCUT2D eigenvalue weighted by Crippen LogP contribution is 2.05. The maximum absolute atomic E-state index is 10.5. The summed E-state index contributed by atoms with van der Waals surface area (Å²) in [5.74, 6) is 0.987. The van der Waals surface area contributed by atoms with Gasteiger partial charge in [0.15, 0.2) is 0 Å². The maximum atomic E-state index is 10.5. The van der Waals surface area contributed by atoms with Crippen molar-refractivity contribution in [2.45, 2.75) is 52.2 Å². The Balaban J connectivity index is 0.000000433. The van der Waals surface area contributed by atoms with E-state index in [1.54, 1.807) is 13.2 Å². The molecule has 0 aromatic carbocycles. The van der Waals surface area contributed by atoms with Gasteiger partial charge in [-0.2, -0.15) is 0 Å². The van der Waals surface area contributed by atoms with E-state index >= 15 is 0 Å². The number of alkyl carbamates (subject to hydrolysis) is 1. The van der Waals surface area contributed by atoms with Crippen LogP contribution in [-0.2, 0) is 15.9 Å². The number of aliphatic hydroxyl groups is 1. The van der Waals surface area contributed by atoms with Crippen LogP contribution in [0.25, 0.3) is 0 Å². The number of nitrogens with one attached hydrogen (secondary N) is 1. The summed E-state index contributed by atoms with van der Waals surface area (Å²) in [6, 6.07) is 3.83. The molecular formula is C16H29NO5. The number of furan rings is 1. The lowest BCUT2D eigenvalue weighted by Crippen LogP contribution is -2.30. The van der Waals surface area contributed by atoms with Gasteiger partial charge < -0.3 is 24.3 Å². The summed E-state index contributed by atoms with van der Waals surface area (Å²) in [5.41, 5.74) is -0.389. The van der Waals surface area contributed by atoms with E-state index in [0.717, 1.165) is 18.6 Å². The predicted octanol–water partition coefficient (Wildman–Crippen LogP) is 2.75. The van der Waals surface area contributed by atoms with Crippen molar-refractivity contribution in [1.29, 1.82) is 0 Å². The second kappa shape index (κ2) is 11.1. The molecule has 1 atom stereocenters. The average molecular weight is 315 g/mol. The van der Waals surface area contributed by atoms with Gasteiger partial charge in [-0.05, 0) is 46.2 Å². The van der Waals surface area contributed by atoms with Crippen LogP contribution in [0.15, 0.2) is 22.8 Å². The summed E-state index contributed by atoms with van der Waals surface area (Å²) >= 11 is 0. The van der Waals surface area contributed by atoms with Crippen molar-refractivity contribution in [2.24, 2.45) is 0 Å². The number of carbonyl (C=O) groups excluding carboxylic acids is 1. The number of hydrogen-bond donors (Lipinski definition) is 2. The van der Waals surface area contributed by atoms with Gasteiger partial charge in [0.1, 0.15) is 11.4 Å². The fourth-order valence-electron chi connectivity index (χ4n) is 1.39. The third kappa shape index (κ3) is 13.5. The quantitative estimate of drug-likeness (QED) is 0.789. The molecule has 0 fully saturated rings. The van der Waals surface area contributed by atoms with Gasteiger partial charge in [-0.3, -0.25) is 0 Å². The fraction of sp³-hybridized carbons (Fsp3) is 0.688. The summed E-state index contributed by atoms with van der Waals surface area (Å²) in [6.45, 7) is 8.27. The smallest absolute Gasteiger partial charge is 0.407 e. The van der Waals surface area contributed by atoms with E-state index in [2.05, 4.69) is 5.32 Å². The minimum Gasteiger partial charge on any atom is -0.469 e. The van der Waals surface area contributed by atoms with E-state index in [0.29, 0.717) is 13.2 Å². The molecule has 1 aromatic rings. The van der Waals surface area contributed by atoms with E-state index in [1.807, 2.05) is 32.9 Å². The van der Waals surface area contributed by atoms with Crippen LogP contribution in [0, 0.1) is 0 Å². The monoisotopic (exact) mass is 315 g/mol. The molecule has 1 unspecified atom stereocenters. The summed E-state index contributed by atoms with van der Waals surface area (Å²) in [7, 11) is 1.54. The van der Waals surface area contributed by atoms with Gasteiger partial charge in [-0.1, -0.05) is 0 Å². The van der Waals surface area contributed by atoms with Crippen molar-refractivity contribution in [1.82, 2.24) is 5.32 Å². The Morgan fingerprint density at radius 3 is 2.55 bits per heavy atom. The largest absolute Gasteiger partial charge is 0.469 e. The van der Waals surface area contributed by atoms with Crippen LogP contribution >= 0.6 is 0 Å². The summed E-state index contributed by atoms with van der Waals surface area (Å²) in [4.78, 5) is 10.5. The molecule has 0 saturated heterocycles. The average Bonchev–Trinajstić information content (AvgIpc) is 2.90. The molecule has 0 aliphatic carbocycles. The summed E-state index contributed by atoms with van der Waals surface area (Å²) < 4.78 is 15.2. The number of aryl methyl sites for hydroxylation is 1. The molecule has 1 aromatic heterocycles. The van der Waals surface area contributed by atoms with Crippen molar-refractivity contribution >= 4 is 6.09 Å². The Morgan fingerprint density at radius 2 is 2.14 bits per heavy atom. The second-order valence-corrected chi connectivity index (χ2v) is 5.86. The lowest BCUT2D eigenvalue weighted by atomic mass is 10.2. The van der Waals surface area contributed by atoms with Gasteiger partial charge in [0.2, 0.25) is 0 Å². The summed E-state index contributed by atoms with van der Waals surface area (Å²) in [6.07, 6.45) is 2.74. The Bertz CT molecular complexity index is 382. The van der Waals surface area contributed by atoms with Gasteiger partial charge in [0.05, 0.1) is 19.0 Å². The molecule has 128 valence electrons.